The van der Waals surface area contributed by atoms with E-state index in [2.05, 4.69) is 10.3 Å². The molecule has 0 amide bonds. The fraction of sp³-hybridized carbons (Fsp3) is 0.111. The number of nitrogen functional groups attached to an aromatic ring is 1. The van der Waals surface area contributed by atoms with Crippen molar-refractivity contribution in [2.24, 2.45) is 0 Å². The van der Waals surface area contributed by atoms with E-state index in [-0.39, 0.29) is 11.6 Å². The Morgan fingerprint density at radius 1 is 1.21 bits per heavy atom. The van der Waals surface area contributed by atoms with Crippen LogP contribution in [0.5, 0.6) is 5.75 Å². The first kappa shape index (κ1) is 16.0. The fourth-order valence-electron chi connectivity index (χ4n) is 2.27. The molecular weight excluding hydrogens is 322 g/mol. The van der Waals surface area contributed by atoms with E-state index >= 15 is 0 Å². The quantitative estimate of drug-likeness (QED) is 0.687. The normalized spacial score (nSPS) is 10.4. The average molecular weight is 339 g/mol. The Labute approximate surface area is 144 Å². The first-order chi connectivity index (χ1) is 11.6. The van der Waals surface area contributed by atoms with Gasteiger partial charge in [0.2, 0.25) is 5.78 Å². The zero-order chi connectivity index (χ0) is 17.1. The van der Waals surface area contributed by atoms with E-state index in [1.54, 1.807) is 31.4 Å². The summed E-state index contributed by atoms with van der Waals surface area (Å²) in [5, 5.41) is 3.80. The van der Waals surface area contributed by atoms with E-state index in [0.717, 1.165) is 11.3 Å². The molecule has 0 radical (unpaired) electrons. The van der Waals surface area contributed by atoms with Crippen LogP contribution < -0.4 is 15.8 Å². The lowest BCUT2D eigenvalue weighted by Gasteiger charge is -2.05. The van der Waals surface area contributed by atoms with E-state index < -0.39 is 0 Å². The number of benzene rings is 2. The molecule has 1 heterocycles. The largest absolute Gasteiger partial charge is 0.497 e. The van der Waals surface area contributed by atoms with Crippen LogP contribution in [0.15, 0.2) is 48.5 Å². The predicted molar refractivity (Wildman–Crippen MR) is 97.4 cm³/mol. The smallest absolute Gasteiger partial charge is 0.206 e. The highest BCUT2D eigenvalue weighted by atomic mass is 32.1. The number of rotatable bonds is 5. The third kappa shape index (κ3) is 3.23. The lowest BCUT2D eigenvalue weighted by Crippen LogP contribution is -2.02. The number of ether oxygens (including phenoxy) is 1. The molecule has 0 atom stereocenters. The Hall–Kier alpha value is -2.86. The molecule has 3 aromatic rings. The predicted octanol–water partition coefficient (Wildman–Crippen LogP) is 4.02. The van der Waals surface area contributed by atoms with E-state index in [0.29, 0.717) is 21.3 Å². The van der Waals surface area contributed by atoms with Crippen LogP contribution in [-0.2, 0) is 0 Å². The molecule has 5 nitrogen and oxygen atoms in total. The van der Waals surface area contributed by atoms with Crippen molar-refractivity contribution in [1.29, 1.82) is 0 Å². The van der Waals surface area contributed by atoms with Crippen molar-refractivity contribution in [3.05, 3.63) is 64.5 Å². The van der Waals surface area contributed by atoms with E-state index in [1.165, 1.54) is 11.3 Å². The van der Waals surface area contributed by atoms with Gasteiger partial charge in [0, 0.05) is 11.3 Å². The number of methoxy groups -OCH3 is 1. The molecule has 0 aliphatic heterocycles. The molecule has 0 bridgehead atoms. The number of carbonyl (C=O) groups is 1. The Balaban J connectivity index is 1.88. The van der Waals surface area contributed by atoms with Crippen LogP contribution >= 0.6 is 11.3 Å². The molecule has 24 heavy (non-hydrogen) atoms. The van der Waals surface area contributed by atoms with Gasteiger partial charge in [0.15, 0.2) is 5.13 Å². The lowest BCUT2D eigenvalue weighted by atomic mass is 10.1. The van der Waals surface area contributed by atoms with Gasteiger partial charge in [0.25, 0.3) is 0 Å². The Morgan fingerprint density at radius 2 is 2.00 bits per heavy atom. The van der Waals surface area contributed by atoms with Gasteiger partial charge in [0.1, 0.15) is 16.4 Å². The van der Waals surface area contributed by atoms with Crippen molar-refractivity contribution in [3.63, 3.8) is 0 Å². The first-order valence-corrected chi connectivity index (χ1v) is 8.18. The fourth-order valence-corrected chi connectivity index (χ4v) is 3.13. The SMILES string of the molecule is COc1cccc(C(=O)c2sc(Nc3ccccc3C)nc2N)c1. The van der Waals surface area contributed by atoms with Gasteiger partial charge in [-0.1, -0.05) is 41.7 Å². The third-order valence-corrected chi connectivity index (χ3v) is 4.56. The number of aromatic nitrogens is 1. The standard InChI is InChI=1S/C18H17N3O2S/c1-11-6-3-4-9-14(11)20-18-21-17(19)16(24-18)15(22)12-7-5-8-13(10-12)23-2/h3-10H,19H2,1-2H3,(H,20,21). The zero-order valence-corrected chi connectivity index (χ0v) is 14.2. The van der Waals surface area contributed by atoms with Crippen molar-refractivity contribution in [2.45, 2.75) is 6.92 Å². The molecule has 122 valence electrons. The van der Waals surface area contributed by atoms with Crippen LogP contribution in [0.4, 0.5) is 16.6 Å². The molecule has 6 heteroatoms. The topological polar surface area (TPSA) is 77.2 Å². The number of anilines is 3. The summed E-state index contributed by atoms with van der Waals surface area (Å²) in [6.45, 7) is 2.00. The Kier molecular flexibility index (Phi) is 4.48. The molecule has 0 fully saturated rings. The molecular formula is C18H17N3O2S. The van der Waals surface area contributed by atoms with Crippen LogP contribution in [0.25, 0.3) is 0 Å². The Morgan fingerprint density at radius 3 is 2.75 bits per heavy atom. The molecule has 0 aliphatic rings. The van der Waals surface area contributed by atoms with Crippen LogP contribution in [0.1, 0.15) is 20.8 Å². The van der Waals surface area contributed by atoms with Gasteiger partial charge in [0.05, 0.1) is 7.11 Å². The molecule has 2 aromatic carbocycles. The number of hydrogen-bond acceptors (Lipinski definition) is 6. The number of nitrogens with one attached hydrogen (secondary N) is 1. The summed E-state index contributed by atoms with van der Waals surface area (Å²) in [4.78, 5) is 17.4. The molecule has 0 unspecified atom stereocenters. The lowest BCUT2D eigenvalue weighted by molar-refractivity contribution is 0.104. The summed E-state index contributed by atoms with van der Waals surface area (Å²) in [6, 6.07) is 14.9. The summed E-state index contributed by atoms with van der Waals surface area (Å²) in [7, 11) is 1.56. The number of para-hydroxylation sites is 1. The minimum Gasteiger partial charge on any atom is -0.497 e. The second-order valence-corrected chi connectivity index (χ2v) is 6.23. The molecule has 0 spiro atoms. The zero-order valence-electron chi connectivity index (χ0n) is 13.4. The number of hydrogen-bond donors (Lipinski definition) is 2. The third-order valence-electron chi connectivity index (χ3n) is 3.58. The van der Waals surface area contributed by atoms with Gasteiger partial charge >= 0.3 is 0 Å². The number of ketones is 1. The summed E-state index contributed by atoms with van der Waals surface area (Å²) in [5.41, 5.74) is 8.50. The van der Waals surface area contributed by atoms with Crippen molar-refractivity contribution in [3.8, 4) is 5.75 Å². The van der Waals surface area contributed by atoms with E-state index in [1.807, 2.05) is 31.2 Å². The number of nitrogens with zero attached hydrogens (tertiary/aromatic N) is 1. The highest BCUT2D eigenvalue weighted by molar-refractivity contribution is 7.18. The number of aryl methyl sites for hydroxylation is 1. The maximum Gasteiger partial charge on any atom is 0.206 e. The van der Waals surface area contributed by atoms with Gasteiger partial charge in [-0.05, 0) is 30.7 Å². The number of carbonyl (C=O) groups excluding carboxylic acids is 1. The Bertz CT molecular complexity index is 889. The second-order valence-electron chi connectivity index (χ2n) is 5.23. The number of nitrogens with two attached hydrogens (primary N) is 1. The maximum atomic E-state index is 12.7. The molecule has 1 aromatic heterocycles. The van der Waals surface area contributed by atoms with Crippen molar-refractivity contribution in [2.75, 3.05) is 18.2 Å². The first-order valence-electron chi connectivity index (χ1n) is 7.36. The molecule has 0 aliphatic carbocycles. The second kappa shape index (κ2) is 6.72. The van der Waals surface area contributed by atoms with E-state index in [4.69, 9.17) is 10.5 Å². The maximum absolute atomic E-state index is 12.7. The van der Waals surface area contributed by atoms with Crippen LogP contribution in [0.3, 0.4) is 0 Å². The highest BCUT2D eigenvalue weighted by Gasteiger charge is 2.18. The number of thiazole rings is 1. The van der Waals surface area contributed by atoms with Crippen molar-refractivity contribution < 1.29 is 9.53 Å². The monoisotopic (exact) mass is 339 g/mol. The summed E-state index contributed by atoms with van der Waals surface area (Å²) in [6.07, 6.45) is 0. The average Bonchev–Trinajstić information content (AvgIpc) is 2.96. The summed E-state index contributed by atoms with van der Waals surface area (Å²) >= 11 is 1.24. The summed E-state index contributed by atoms with van der Waals surface area (Å²) in [5.74, 6) is 0.688. The van der Waals surface area contributed by atoms with Gasteiger partial charge in [-0.2, -0.15) is 0 Å². The van der Waals surface area contributed by atoms with Crippen LogP contribution in [0, 0.1) is 6.92 Å². The summed E-state index contributed by atoms with van der Waals surface area (Å²) < 4.78 is 5.16. The van der Waals surface area contributed by atoms with Gasteiger partial charge < -0.3 is 15.8 Å². The van der Waals surface area contributed by atoms with Gasteiger partial charge in [-0.25, -0.2) is 4.98 Å². The van der Waals surface area contributed by atoms with E-state index in [9.17, 15) is 4.79 Å². The van der Waals surface area contributed by atoms with Crippen LogP contribution in [-0.4, -0.2) is 17.9 Å². The molecule has 3 N–H and O–H groups in total. The van der Waals surface area contributed by atoms with Gasteiger partial charge in [-0.15, -0.1) is 0 Å². The minimum absolute atomic E-state index is 0.165. The van der Waals surface area contributed by atoms with Crippen LogP contribution in [0.2, 0.25) is 0 Å². The minimum atomic E-state index is -0.165. The highest BCUT2D eigenvalue weighted by Crippen LogP contribution is 2.31. The van der Waals surface area contributed by atoms with Gasteiger partial charge in [-0.3, -0.25) is 4.79 Å². The van der Waals surface area contributed by atoms with Crippen molar-refractivity contribution in [1.82, 2.24) is 4.98 Å². The molecule has 3 rings (SSSR count). The molecule has 0 saturated heterocycles. The van der Waals surface area contributed by atoms with Crippen molar-refractivity contribution >= 4 is 33.8 Å². The molecule has 0 saturated carbocycles.